The third-order valence-corrected chi connectivity index (χ3v) is 5.10. The van der Waals surface area contributed by atoms with Gasteiger partial charge in [0.1, 0.15) is 18.1 Å². The molecule has 0 aromatic carbocycles. The molecule has 0 bridgehead atoms. The van der Waals surface area contributed by atoms with Gasteiger partial charge in [-0.25, -0.2) is 4.79 Å². The highest BCUT2D eigenvalue weighted by molar-refractivity contribution is 7.80. The minimum atomic E-state index is -1.49. The zero-order valence-electron chi connectivity index (χ0n) is 17.2. The van der Waals surface area contributed by atoms with Gasteiger partial charge in [-0.15, -0.1) is 0 Å². The molecule has 1 fully saturated rings. The van der Waals surface area contributed by atoms with E-state index in [0.29, 0.717) is 13.0 Å². The van der Waals surface area contributed by atoms with Gasteiger partial charge in [0.15, 0.2) is 0 Å². The Balaban J connectivity index is 2.80. The van der Waals surface area contributed by atoms with Gasteiger partial charge in [-0.3, -0.25) is 24.0 Å². The molecule has 0 spiro atoms. The summed E-state index contributed by atoms with van der Waals surface area (Å²) in [5.41, 5.74) is 0. The summed E-state index contributed by atoms with van der Waals surface area (Å²) in [6.07, 6.45) is -0.156. The topological polar surface area (TPSA) is 211 Å². The Labute approximate surface area is 189 Å². The molecule has 1 heterocycles. The van der Waals surface area contributed by atoms with Crippen LogP contribution in [0.3, 0.4) is 0 Å². The smallest absolute Gasteiger partial charge is 0.326 e. The predicted molar refractivity (Wildman–Crippen MR) is 112 cm³/mol. The van der Waals surface area contributed by atoms with Crippen LogP contribution >= 0.6 is 12.6 Å². The second-order valence-corrected chi connectivity index (χ2v) is 7.58. The lowest BCUT2D eigenvalue weighted by Crippen LogP contribution is -2.57. The average Bonchev–Trinajstić information content (AvgIpc) is 3.26. The van der Waals surface area contributed by atoms with Gasteiger partial charge in [-0.05, 0) is 32.2 Å². The van der Waals surface area contributed by atoms with Crippen LogP contribution in [0.15, 0.2) is 0 Å². The first kappa shape index (κ1) is 27.2. The van der Waals surface area contributed by atoms with Crippen LogP contribution < -0.4 is 21.3 Å². The van der Waals surface area contributed by atoms with Gasteiger partial charge >= 0.3 is 17.9 Å². The molecular formula is C18H28N4O9S. The van der Waals surface area contributed by atoms with Gasteiger partial charge in [0.2, 0.25) is 17.7 Å². The average molecular weight is 477 g/mol. The van der Waals surface area contributed by atoms with Crippen molar-refractivity contribution in [2.24, 2.45) is 0 Å². The molecule has 32 heavy (non-hydrogen) atoms. The minimum Gasteiger partial charge on any atom is -0.481 e. The van der Waals surface area contributed by atoms with E-state index >= 15 is 0 Å². The molecule has 1 rings (SSSR count). The summed E-state index contributed by atoms with van der Waals surface area (Å²) in [6, 6.07) is -4.54. The number of carboxylic acids is 3. The van der Waals surface area contributed by atoms with Crippen molar-refractivity contribution in [3.05, 3.63) is 0 Å². The maximum atomic E-state index is 12.7. The minimum absolute atomic E-state index is 0.225. The summed E-state index contributed by atoms with van der Waals surface area (Å²) in [5, 5.41) is 36.7. The van der Waals surface area contributed by atoms with Crippen LogP contribution in [0.4, 0.5) is 0 Å². The molecule has 7 N–H and O–H groups in total. The normalized spacial score (nSPS) is 18.1. The maximum Gasteiger partial charge on any atom is 0.326 e. The van der Waals surface area contributed by atoms with Crippen LogP contribution in [0.1, 0.15) is 38.5 Å². The van der Waals surface area contributed by atoms with Crippen LogP contribution in [0.5, 0.6) is 0 Å². The molecule has 3 amide bonds. The van der Waals surface area contributed by atoms with Gasteiger partial charge in [0.25, 0.3) is 0 Å². The van der Waals surface area contributed by atoms with E-state index in [1.807, 2.05) is 0 Å². The van der Waals surface area contributed by atoms with E-state index in [1.165, 1.54) is 0 Å². The Morgan fingerprint density at radius 1 is 0.844 bits per heavy atom. The molecule has 0 unspecified atom stereocenters. The number of hydrogen-bond donors (Lipinski definition) is 8. The number of carbonyl (C=O) groups is 6. The number of carboxylic acid groups (broad SMARTS) is 3. The second-order valence-electron chi connectivity index (χ2n) is 7.22. The summed E-state index contributed by atoms with van der Waals surface area (Å²) in [5.74, 6) is -6.30. The van der Waals surface area contributed by atoms with Crippen LogP contribution in [-0.4, -0.2) is 87.4 Å². The number of amides is 3. The van der Waals surface area contributed by atoms with E-state index in [-0.39, 0.29) is 18.6 Å². The van der Waals surface area contributed by atoms with E-state index in [9.17, 15) is 28.8 Å². The molecule has 0 aliphatic carbocycles. The first-order chi connectivity index (χ1) is 15.0. The van der Waals surface area contributed by atoms with Crippen molar-refractivity contribution in [2.45, 2.75) is 62.7 Å². The second kappa shape index (κ2) is 13.5. The number of aliphatic carboxylic acids is 3. The fourth-order valence-electron chi connectivity index (χ4n) is 2.98. The molecule has 13 nitrogen and oxygen atoms in total. The van der Waals surface area contributed by atoms with E-state index in [0.717, 1.165) is 6.42 Å². The molecule has 14 heteroatoms. The molecule has 0 radical (unpaired) electrons. The standard InChI is InChI=1S/C18H28N4O9S/c23-13(24)5-3-10(20-15(27)9-2-1-7-19-9)16(28)22-12(8-32)17(29)21-11(18(30)31)4-6-14(25)26/h9-12,19,32H,1-8H2,(H,20,27)(H,21,29)(H,22,28)(H,23,24)(H,25,26)(H,30,31)/t9-,10-,11-,12-/m0/s1. The Bertz CT molecular complexity index is 727. The van der Waals surface area contributed by atoms with Crippen LogP contribution in [-0.2, 0) is 28.8 Å². The largest absolute Gasteiger partial charge is 0.481 e. The fourth-order valence-corrected chi connectivity index (χ4v) is 3.24. The van der Waals surface area contributed by atoms with Crippen LogP contribution in [0.25, 0.3) is 0 Å². The highest BCUT2D eigenvalue weighted by Gasteiger charge is 2.31. The summed E-state index contributed by atoms with van der Waals surface area (Å²) >= 11 is 3.97. The first-order valence-electron chi connectivity index (χ1n) is 9.96. The third kappa shape index (κ3) is 9.51. The van der Waals surface area contributed by atoms with Crippen molar-refractivity contribution in [3.8, 4) is 0 Å². The van der Waals surface area contributed by atoms with Crippen molar-refractivity contribution >= 4 is 48.3 Å². The highest BCUT2D eigenvalue weighted by Crippen LogP contribution is 2.07. The van der Waals surface area contributed by atoms with Crippen molar-refractivity contribution in [2.75, 3.05) is 12.3 Å². The molecule has 180 valence electrons. The molecule has 0 saturated carbocycles. The Kier molecular flexibility index (Phi) is 11.5. The predicted octanol–water partition coefficient (Wildman–Crippen LogP) is -2.06. The molecule has 1 aliphatic rings. The van der Waals surface area contributed by atoms with Crippen LogP contribution in [0, 0.1) is 0 Å². The zero-order chi connectivity index (χ0) is 24.3. The molecule has 0 aromatic heterocycles. The first-order valence-corrected chi connectivity index (χ1v) is 10.6. The van der Waals surface area contributed by atoms with Crippen molar-refractivity contribution in [1.82, 2.24) is 21.3 Å². The highest BCUT2D eigenvalue weighted by atomic mass is 32.1. The SMILES string of the molecule is O=C(O)CC[C@H](NC(=O)[C@H](CS)NC(=O)[C@H](CCC(=O)O)NC(=O)[C@@H]1CCCN1)C(=O)O. The van der Waals surface area contributed by atoms with E-state index < -0.39 is 72.6 Å². The molecule has 1 aliphatic heterocycles. The van der Waals surface area contributed by atoms with E-state index in [1.54, 1.807) is 0 Å². The quantitative estimate of drug-likeness (QED) is 0.128. The van der Waals surface area contributed by atoms with Crippen LogP contribution in [0.2, 0.25) is 0 Å². The summed E-state index contributed by atoms with van der Waals surface area (Å²) in [6.45, 7) is 0.637. The van der Waals surface area contributed by atoms with Gasteiger partial charge in [-0.2, -0.15) is 12.6 Å². The molecular weight excluding hydrogens is 448 g/mol. The Hall–Kier alpha value is -2.87. The number of nitrogens with one attached hydrogen (secondary N) is 4. The zero-order valence-corrected chi connectivity index (χ0v) is 18.1. The van der Waals surface area contributed by atoms with Gasteiger partial charge in [0, 0.05) is 18.6 Å². The number of thiol groups is 1. The van der Waals surface area contributed by atoms with E-state index in [2.05, 4.69) is 33.9 Å². The lowest BCUT2D eigenvalue weighted by Gasteiger charge is -2.24. The van der Waals surface area contributed by atoms with Gasteiger partial charge in [0.05, 0.1) is 6.04 Å². The number of rotatable bonds is 14. The van der Waals surface area contributed by atoms with Crippen molar-refractivity contribution in [1.29, 1.82) is 0 Å². The summed E-state index contributed by atoms with van der Waals surface area (Å²) in [4.78, 5) is 70.3. The lowest BCUT2D eigenvalue weighted by atomic mass is 10.1. The van der Waals surface area contributed by atoms with E-state index in [4.69, 9.17) is 15.3 Å². The molecule has 4 atom stereocenters. The third-order valence-electron chi connectivity index (χ3n) is 4.73. The number of carbonyl (C=O) groups excluding carboxylic acids is 3. The fraction of sp³-hybridized carbons (Fsp3) is 0.667. The Morgan fingerprint density at radius 2 is 1.38 bits per heavy atom. The van der Waals surface area contributed by atoms with Gasteiger partial charge in [-0.1, -0.05) is 0 Å². The number of hydrogen-bond acceptors (Lipinski definition) is 8. The van der Waals surface area contributed by atoms with Crippen molar-refractivity contribution < 1.29 is 44.1 Å². The van der Waals surface area contributed by atoms with Crippen molar-refractivity contribution in [3.63, 3.8) is 0 Å². The lowest BCUT2D eigenvalue weighted by molar-refractivity contribution is -0.143. The Morgan fingerprint density at radius 3 is 1.84 bits per heavy atom. The summed E-state index contributed by atoms with van der Waals surface area (Å²) < 4.78 is 0. The van der Waals surface area contributed by atoms with Gasteiger partial charge < -0.3 is 36.6 Å². The molecule has 1 saturated heterocycles. The summed E-state index contributed by atoms with van der Waals surface area (Å²) in [7, 11) is 0. The maximum absolute atomic E-state index is 12.7. The monoisotopic (exact) mass is 476 g/mol. The molecule has 0 aromatic rings.